The molecule has 0 bridgehead atoms. The molecule has 2 heterocycles. The van der Waals surface area contributed by atoms with Gasteiger partial charge in [0.25, 0.3) is 0 Å². The zero-order chi connectivity index (χ0) is 11.7. The van der Waals surface area contributed by atoms with Crippen LogP contribution in [0.3, 0.4) is 0 Å². The predicted octanol–water partition coefficient (Wildman–Crippen LogP) is 1.44. The van der Waals surface area contributed by atoms with Crippen LogP contribution in [0.1, 0.15) is 16.1 Å². The van der Waals surface area contributed by atoms with Gasteiger partial charge in [-0.25, -0.2) is 0 Å². The molecule has 16 heavy (non-hydrogen) atoms. The predicted molar refractivity (Wildman–Crippen MR) is 63.1 cm³/mol. The van der Waals surface area contributed by atoms with Crippen molar-refractivity contribution in [3.8, 4) is 0 Å². The molecule has 0 aliphatic heterocycles. The minimum atomic E-state index is -0.0817. The SMILES string of the molecule is Cc1csc(=O)n1CC(=O)c1ccn(C)c1. The van der Waals surface area contributed by atoms with Crippen LogP contribution >= 0.6 is 11.3 Å². The van der Waals surface area contributed by atoms with Crippen LogP contribution in [0.15, 0.2) is 28.6 Å². The molecule has 0 radical (unpaired) electrons. The molecule has 0 aliphatic rings. The van der Waals surface area contributed by atoms with Gasteiger partial charge in [-0.05, 0) is 13.0 Å². The van der Waals surface area contributed by atoms with E-state index in [0.29, 0.717) is 5.56 Å². The van der Waals surface area contributed by atoms with Crippen molar-refractivity contribution in [2.45, 2.75) is 13.5 Å². The van der Waals surface area contributed by atoms with Gasteiger partial charge in [-0.15, -0.1) is 0 Å². The van der Waals surface area contributed by atoms with E-state index in [0.717, 1.165) is 17.0 Å². The van der Waals surface area contributed by atoms with Gasteiger partial charge in [-0.1, -0.05) is 11.3 Å². The second kappa shape index (κ2) is 4.09. The van der Waals surface area contributed by atoms with E-state index < -0.39 is 0 Å². The number of carbonyl (C=O) groups is 1. The van der Waals surface area contributed by atoms with E-state index >= 15 is 0 Å². The lowest BCUT2D eigenvalue weighted by Crippen LogP contribution is -2.20. The number of thiazole rings is 1. The Labute approximate surface area is 96.8 Å². The Morgan fingerprint density at radius 3 is 2.75 bits per heavy atom. The Balaban J connectivity index is 2.23. The van der Waals surface area contributed by atoms with Gasteiger partial charge < -0.3 is 4.57 Å². The maximum atomic E-state index is 11.9. The number of nitrogens with zero attached hydrogens (tertiary/aromatic N) is 2. The zero-order valence-electron chi connectivity index (χ0n) is 9.14. The number of Topliss-reactive ketones (excluding diaryl/α,β-unsaturated/α-hetero) is 1. The van der Waals surface area contributed by atoms with Crippen LogP contribution in [0.5, 0.6) is 0 Å². The highest BCUT2D eigenvalue weighted by Gasteiger charge is 2.11. The summed E-state index contributed by atoms with van der Waals surface area (Å²) in [6.45, 7) is 1.95. The van der Waals surface area contributed by atoms with Crippen LogP contribution in [0.25, 0.3) is 0 Å². The van der Waals surface area contributed by atoms with Crippen LogP contribution in [0, 0.1) is 6.92 Å². The fraction of sp³-hybridized carbons (Fsp3) is 0.273. The third kappa shape index (κ3) is 1.99. The lowest BCUT2D eigenvalue weighted by atomic mass is 10.2. The molecule has 0 atom stereocenters. The van der Waals surface area contributed by atoms with Crippen LogP contribution in [-0.4, -0.2) is 14.9 Å². The van der Waals surface area contributed by atoms with Gasteiger partial charge in [0.05, 0.1) is 6.54 Å². The normalized spacial score (nSPS) is 10.6. The van der Waals surface area contributed by atoms with E-state index in [1.54, 1.807) is 17.6 Å². The van der Waals surface area contributed by atoms with E-state index in [9.17, 15) is 9.59 Å². The Morgan fingerprint density at radius 2 is 2.25 bits per heavy atom. The molecule has 2 aromatic heterocycles. The number of carbonyl (C=O) groups excluding carboxylic acids is 1. The topological polar surface area (TPSA) is 44.0 Å². The van der Waals surface area contributed by atoms with Crippen LogP contribution < -0.4 is 4.87 Å². The van der Waals surface area contributed by atoms with Crippen molar-refractivity contribution >= 4 is 17.1 Å². The molecule has 0 aliphatic carbocycles. The van der Waals surface area contributed by atoms with E-state index in [4.69, 9.17) is 0 Å². The van der Waals surface area contributed by atoms with Crippen molar-refractivity contribution in [1.29, 1.82) is 0 Å². The molecular formula is C11H12N2O2S. The molecule has 0 N–H and O–H groups in total. The molecular weight excluding hydrogens is 224 g/mol. The summed E-state index contributed by atoms with van der Waals surface area (Å²) in [6, 6.07) is 1.76. The molecule has 0 unspecified atom stereocenters. The molecule has 0 amide bonds. The largest absolute Gasteiger partial charge is 0.357 e. The summed E-state index contributed by atoms with van der Waals surface area (Å²) in [5.74, 6) is -0.0378. The maximum Gasteiger partial charge on any atom is 0.307 e. The second-order valence-corrected chi connectivity index (χ2v) is 4.54. The Kier molecular flexibility index (Phi) is 2.78. The van der Waals surface area contributed by atoms with E-state index in [-0.39, 0.29) is 17.2 Å². The number of hydrogen-bond donors (Lipinski definition) is 0. The maximum absolute atomic E-state index is 11.9. The molecule has 0 saturated carbocycles. The van der Waals surface area contributed by atoms with Crippen LogP contribution in [0.4, 0.5) is 0 Å². The number of rotatable bonds is 3. The van der Waals surface area contributed by atoms with Crippen molar-refractivity contribution in [3.05, 3.63) is 44.8 Å². The van der Waals surface area contributed by atoms with Gasteiger partial charge in [0.15, 0.2) is 5.78 Å². The quantitative estimate of drug-likeness (QED) is 0.757. The Morgan fingerprint density at radius 1 is 1.50 bits per heavy atom. The summed E-state index contributed by atoms with van der Waals surface area (Å²) < 4.78 is 3.32. The lowest BCUT2D eigenvalue weighted by Gasteiger charge is -2.01. The summed E-state index contributed by atoms with van der Waals surface area (Å²) in [7, 11) is 1.86. The average molecular weight is 236 g/mol. The van der Waals surface area contributed by atoms with Crippen molar-refractivity contribution in [2.24, 2.45) is 7.05 Å². The summed E-state index contributed by atoms with van der Waals surface area (Å²) in [5, 5.41) is 1.76. The van der Waals surface area contributed by atoms with Gasteiger partial charge in [0.1, 0.15) is 0 Å². The summed E-state index contributed by atoms with van der Waals surface area (Å²) in [4.78, 5) is 23.2. The molecule has 0 fully saturated rings. The number of aromatic nitrogens is 2. The molecule has 0 saturated heterocycles. The molecule has 2 rings (SSSR count). The Hall–Kier alpha value is -1.62. The van der Waals surface area contributed by atoms with Gasteiger partial charge in [0, 0.05) is 36.1 Å². The number of aryl methyl sites for hydroxylation is 2. The summed E-state index contributed by atoms with van der Waals surface area (Å²) in [6.07, 6.45) is 3.57. The Bertz CT molecular complexity index is 577. The first-order valence-corrected chi connectivity index (χ1v) is 5.76. The fourth-order valence-electron chi connectivity index (χ4n) is 1.50. The van der Waals surface area contributed by atoms with Crippen molar-refractivity contribution in [3.63, 3.8) is 0 Å². The average Bonchev–Trinajstić information content (AvgIpc) is 2.79. The molecule has 84 valence electrons. The van der Waals surface area contributed by atoms with Gasteiger partial charge in [0.2, 0.25) is 0 Å². The van der Waals surface area contributed by atoms with Gasteiger partial charge in [-0.2, -0.15) is 0 Å². The highest BCUT2D eigenvalue weighted by atomic mass is 32.1. The van der Waals surface area contributed by atoms with E-state index in [2.05, 4.69) is 0 Å². The monoisotopic (exact) mass is 236 g/mol. The minimum Gasteiger partial charge on any atom is -0.357 e. The third-order valence-electron chi connectivity index (χ3n) is 2.43. The molecule has 0 aromatic carbocycles. The van der Waals surface area contributed by atoms with Crippen molar-refractivity contribution < 1.29 is 4.79 Å². The summed E-state index contributed by atoms with van der Waals surface area (Å²) in [5.41, 5.74) is 1.47. The highest BCUT2D eigenvalue weighted by molar-refractivity contribution is 7.07. The fourth-order valence-corrected chi connectivity index (χ4v) is 2.23. The summed E-state index contributed by atoms with van der Waals surface area (Å²) >= 11 is 1.12. The van der Waals surface area contributed by atoms with E-state index in [1.165, 1.54) is 4.57 Å². The van der Waals surface area contributed by atoms with Gasteiger partial charge in [-0.3, -0.25) is 14.2 Å². The molecule has 2 aromatic rings. The smallest absolute Gasteiger partial charge is 0.307 e. The molecule has 4 nitrogen and oxygen atoms in total. The molecule has 0 spiro atoms. The number of ketones is 1. The van der Waals surface area contributed by atoms with E-state index in [1.807, 2.05) is 24.7 Å². The van der Waals surface area contributed by atoms with Crippen molar-refractivity contribution in [2.75, 3.05) is 0 Å². The zero-order valence-corrected chi connectivity index (χ0v) is 9.95. The van der Waals surface area contributed by atoms with Gasteiger partial charge >= 0.3 is 4.87 Å². The first kappa shape index (κ1) is 10.9. The second-order valence-electron chi connectivity index (χ2n) is 3.72. The number of hydrogen-bond acceptors (Lipinski definition) is 3. The van der Waals surface area contributed by atoms with Crippen molar-refractivity contribution in [1.82, 2.24) is 9.13 Å². The molecule has 5 heteroatoms. The minimum absolute atomic E-state index is 0.0378. The third-order valence-corrected chi connectivity index (χ3v) is 3.31. The standard InChI is InChI=1S/C11H12N2O2S/c1-8-7-16-11(15)13(8)6-10(14)9-3-4-12(2)5-9/h3-5,7H,6H2,1-2H3. The highest BCUT2D eigenvalue weighted by Crippen LogP contribution is 2.05. The first-order chi connectivity index (χ1) is 7.58. The lowest BCUT2D eigenvalue weighted by molar-refractivity contribution is 0.0970. The van der Waals surface area contributed by atoms with Crippen LogP contribution in [-0.2, 0) is 13.6 Å². The first-order valence-electron chi connectivity index (χ1n) is 4.88. The van der Waals surface area contributed by atoms with Crippen LogP contribution in [0.2, 0.25) is 0 Å².